The van der Waals surface area contributed by atoms with Crippen LogP contribution in [-0.4, -0.2) is 35.8 Å². The Morgan fingerprint density at radius 2 is 1.71 bits per heavy atom. The van der Waals surface area contributed by atoms with E-state index in [1.54, 1.807) is 4.52 Å². The van der Waals surface area contributed by atoms with E-state index in [9.17, 15) is 9.90 Å². The number of hydrogen-bond acceptors (Lipinski definition) is 4. The average molecular weight is 469 g/mol. The minimum Gasteiger partial charge on any atom is -0.479 e. The number of ether oxygens (including phenoxy) is 1. The van der Waals surface area contributed by atoms with Crippen molar-refractivity contribution in [3.05, 3.63) is 78.0 Å². The van der Waals surface area contributed by atoms with E-state index in [2.05, 4.69) is 10.6 Å². The molecule has 0 bridgehead atoms. The molecule has 0 radical (unpaired) electrons. The third kappa shape index (κ3) is 4.08. The summed E-state index contributed by atoms with van der Waals surface area (Å²) in [4.78, 5) is 17.3. The normalized spacial score (nSPS) is 12.9. The van der Waals surface area contributed by atoms with Crippen molar-refractivity contribution in [2.75, 3.05) is 0 Å². The van der Waals surface area contributed by atoms with Crippen LogP contribution in [0.4, 0.5) is 0 Å². The molecule has 1 unspecified atom stereocenters. The van der Waals surface area contributed by atoms with Crippen LogP contribution in [0.3, 0.4) is 0 Å². The van der Waals surface area contributed by atoms with E-state index < -0.39 is 17.7 Å². The van der Waals surface area contributed by atoms with Gasteiger partial charge in [-0.15, -0.1) is 0 Å². The summed E-state index contributed by atoms with van der Waals surface area (Å²) in [6, 6.07) is 21.9. The molecule has 0 amide bonds. The number of hydrogen-bond donors (Lipinski definition) is 1. The lowest BCUT2D eigenvalue weighted by molar-refractivity contribution is -0.160. The Hall–Kier alpha value is -3.97. The Morgan fingerprint density at radius 1 is 1.03 bits per heavy atom. The van der Waals surface area contributed by atoms with Crippen LogP contribution in [0.5, 0.6) is 0 Å². The second-order valence-corrected chi connectivity index (χ2v) is 9.72. The standard InChI is InChI=1S/C28H28N4O3/c1-17-24(26(27(33)34)35-28(2,3)4)25(22-15-19-13-9-10-14-21(19)31(22)5)32-23(29-17)16-20(30-32)18-11-7-6-8-12-18/h6-16,26H,1-5H3,(H,33,34). The number of aromatic nitrogens is 4. The molecule has 0 aliphatic heterocycles. The third-order valence-corrected chi connectivity index (χ3v) is 6.05. The van der Waals surface area contributed by atoms with Crippen LogP contribution < -0.4 is 0 Å². The zero-order valence-electron chi connectivity index (χ0n) is 20.5. The highest BCUT2D eigenvalue weighted by Crippen LogP contribution is 2.38. The Bertz CT molecular complexity index is 1560. The summed E-state index contributed by atoms with van der Waals surface area (Å²) in [6.45, 7) is 7.38. The van der Waals surface area contributed by atoms with E-state index in [4.69, 9.17) is 14.8 Å². The maximum absolute atomic E-state index is 12.5. The molecule has 1 atom stereocenters. The highest BCUT2D eigenvalue weighted by molar-refractivity contribution is 5.89. The lowest BCUT2D eigenvalue weighted by Crippen LogP contribution is -2.29. The Kier molecular flexibility index (Phi) is 5.44. The fourth-order valence-electron chi connectivity index (χ4n) is 4.55. The summed E-state index contributed by atoms with van der Waals surface area (Å²) in [7, 11) is 1.98. The molecule has 0 saturated heterocycles. The number of rotatable bonds is 5. The third-order valence-electron chi connectivity index (χ3n) is 6.05. The van der Waals surface area contributed by atoms with Crippen LogP contribution in [0.25, 0.3) is 39.2 Å². The van der Waals surface area contributed by atoms with Crippen LogP contribution in [0, 0.1) is 6.92 Å². The topological polar surface area (TPSA) is 81.7 Å². The number of para-hydroxylation sites is 1. The quantitative estimate of drug-likeness (QED) is 0.352. The van der Waals surface area contributed by atoms with Gasteiger partial charge in [-0.2, -0.15) is 5.10 Å². The van der Waals surface area contributed by atoms with Gasteiger partial charge in [-0.3, -0.25) is 0 Å². The van der Waals surface area contributed by atoms with Crippen molar-refractivity contribution < 1.29 is 14.6 Å². The molecule has 0 spiro atoms. The van der Waals surface area contributed by atoms with Crippen molar-refractivity contribution in [1.82, 2.24) is 19.2 Å². The largest absolute Gasteiger partial charge is 0.479 e. The Morgan fingerprint density at radius 3 is 2.37 bits per heavy atom. The molecule has 0 fully saturated rings. The van der Waals surface area contributed by atoms with E-state index in [0.29, 0.717) is 22.6 Å². The molecular formula is C28H28N4O3. The Labute approximate surface area is 203 Å². The van der Waals surface area contributed by atoms with Gasteiger partial charge in [0.2, 0.25) is 0 Å². The molecule has 35 heavy (non-hydrogen) atoms. The number of carboxylic acids is 1. The molecule has 5 rings (SSSR count). The average Bonchev–Trinajstić information content (AvgIpc) is 3.38. The molecule has 0 saturated carbocycles. The molecule has 0 aliphatic rings. The number of aryl methyl sites for hydroxylation is 2. The van der Waals surface area contributed by atoms with E-state index in [0.717, 1.165) is 27.9 Å². The number of benzene rings is 2. The first kappa shape index (κ1) is 22.8. The Balaban J connectivity index is 1.87. The second kappa shape index (κ2) is 8.36. The summed E-state index contributed by atoms with van der Waals surface area (Å²) in [5.41, 5.74) is 5.30. The SMILES string of the molecule is Cc1nc2cc(-c3ccccc3)nn2c(-c2cc3ccccc3n2C)c1C(OC(C)(C)C)C(=O)O. The van der Waals surface area contributed by atoms with Crippen molar-refractivity contribution in [1.29, 1.82) is 0 Å². The number of nitrogens with zero attached hydrogens (tertiary/aromatic N) is 4. The van der Waals surface area contributed by atoms with Gasteiger partial charge in [-0.25, -0.2) is 14.3 Å². The minimum atomic E-state index is -1.22. The zero-order valence-corrected chi connectivity index (χ0v) is 20.5. The van der Waals surface area contributed by atoms with Gasteiger partial charge in [0.25, 0.3) is 0 Å². The van der Waals surface area contributed by atoms with E-state index in [1.807, 2.05) is 95.4 Å². The number of fused-ring (bicyclic) bond motifs is 2. The van der Waals surface area contributed by atoms with Crippen LogP contribution in [0.2, 0.25) is 0 Å². The highest BCUT2D eigenvalue weighted by Gasteiger charge is 2.34. The van der Waals surface area contributed by atoms with Crippen molar-refractivity contribution in [2.45, 2.75) is 39.4 Å². The van der Waals surface area contributed by atoms with E-state index in [1.165, 1.54) is 0 Å². The molecule has 178 valence electrons. The molecule has 7 heteroatoms. The molecule has 3 heterocycles. The van der Waals surface area contributed by atoms with Crippen molar-refractivity contribution >= 4 is 22.5 Å². The van der Waals surface area contributed by atoms with Crippen LogP contribution in [-0.2, 0) is 16.6 Å². The first-order valence-corrected chi connectivity index (χ1v) is 11.6. The van der Waals surface area contributed by atoms with E-state index >= 15 is 0 Å². The van der Waals surface area contributed by atoms with Gasteiger partial charge in [0.1, 0.15) is 0 Å². The number of carbonyl (C=O) groups is 1. The van der Waals surface area contributed by atoms with Gasteiger partial charge >= 0.3 is 5.97 Å². The van der Waals surface area contributed by atoms with Crippen molar-refractivity contribution in [3.63, 3.8) is 0 Å². The molecule has 0 aliphatic carbocycles. The molecular weight excluding hydrogens is 440 g/mol. The van der Waals surface area contributed by atoms with Gasteiger partial charge in [-0.1, -0.05) is 48.5 Å². The maximum atomic E-state index is 12.5. The summed E-state index contributed by atoms with van der Waals surface area (Å²) < 4.78 is 9.91. The smallest absolute Gasteiger partial charge is 0.337 e. The maximum Gasteiger partial charge on any atom is 0.337 e. The van der Waals surface area contributed by atoms with Crippen LogP contribution in [0.1, 0.15) is 38.1 Å². The molecule has 5 aromatic rings. The van der Waals surface area contributed by atoms with Gasteiger partial charge in [0, 0.05) is 40.8 Å². The monoisotopic (exact) mass is 468 g/mol. The highest BCUT2D eigenvalue weighted by atomic mass is 16.5. The number of aliphatic carboxylic acids is 1. The zero-order chi connectivity index (χ0) is 24.9. The first-order chi connectivity index (χ1) is 16.6. The summed E-state index contributed by atoms with van der Waals surface area (Å²) in [5, 5.41) is 16.2. The van der Waals surface area contributed by atoms with Gasteiger partial charge in [-0.05, 0) is 39.8 Å². The summed E-state index contributed by atoms with van der Waals surface area (Å²) in [6.07, 6.45) is -1.22. The van der Waals surface area contributed by atoms with Gasteiger partial charge in [0.15, 0.2) is 11.8 Å². The van der Waals surface area contributed by atoms with Crippen molar-refractivity contribution in [3.8, 4) is 22.6 Å². The fraction of sp³-hybridized carbons (Fsp3) is 0.250. The van der Waals surface area contributed by atoms with Crippen LogP contribution in [0.15, 0.2) is 66.7 Å². The predicted octanol–water partition coefficient (Wildman–Crippen LogP) is 5.80. The van der Waals surface area contributed by atoms with Gasteiger partial charge in [0.05, 0.1) is 22.7 Å². The van der Waals surface area contributed by atoms with Crippen molar-refractivity contribution in [2.24, 2.45) is 7.05 Å². The second-order valence-electron chi connectivity index (χ2n) is 9.72. The van der Waals surface area contributed by atoms with Gasteiger partial charge < -0.3 is 14.4 Å². The van der Waals surface area contributed by atoms with E-state index in [-0.39, 0.29) is 0 Å². The first-order valence-electron chi connectivity index (χ1n) is 11.6. The molecule has 3 aromatic heterocycles. The minimum absolute atomic E-state index is 0.494. The predicted molar refractivity (Wildman–Crippen MR) is 136 cm³/mol. The lowest BCUT2D eigenvalue weighted by atomic mass is 10.0. The number of carboxylic acid groups (broad SMARTS) is 1. The molecule has 2 aromatic carbocycles. The summed E-state index contributed by atoms with van der Waals surface area (Å²) >= 11 is 0. The molecule has 1 N–H and O–H groups in total. The van der Waals surface area contributed by atoms with Crippen LogP contribution >= 0.6 is 0 Å². The molecule has 7 nitrogen and oxygen atoms in total. The summed E-state index contributed by atoms with van der Waals surface area (Å²) in [5.74, 6) is -1.07. The fourth-order valence-corrected chi connectivity index (χ4v) is 4.55. The lowest BCUT2D eigenvalue weighted by Gasteiger charge is -2.27.